The van der Waals surface area contributed by atoms with Crippen LogP contribution in [0.5, 0.6) is 0 Å². The third-order valence-electron chi connectivity index (χ3n) is 12.5. The molecule has 0 amide bonds. The Morgan fingerprint density at radius 1 is 0.759 bits per heavy atom. The molecule has 2 aromatic carbocycles. The molecular formula is C48H70O6. The van der Waals surface area contributed by atoms with Gasteiger partial charge in [-0.2, -0.15) is 0 Å². The number of unbranched alkanes of at least 4 members (excludes halogenated alkanes) is 2. The fourth-order valence-corrected chi connectivity index (χ4v) is 8.51. The Morgan fingerprint density at radius 3 is 1.80 bits per heavy atom. The van der Waals surface area contributed by atoms with E-state index in [4.69, 9.17) is 9.47 Å². The van der Waals surface area contributed by atoms with E-state index in [0.717, 1.165) is 29.7 Å². The number of carbonyl (C=O) groups is 2. The Hall–Kier alpha value is -3.22. The van der Waals surface area contributed by atoms with E-state index < -0.39 is 23.1 Å². The van der Waals surface area contributed by atoms with E-state index in [-0.39, 0.29) is 30.3 Å². The van der Waals surface area contributed by atoms with Crippen LogP contribution in [0.3, 0.4) is 0 Å². The van der Waals surface area contributed by atoms with Crippen LogP contribution in [0.25, 0.3) is 11.1 Å². The molecule has 0 spiro atoms. The van der Waals surface area contributed by atoms with Gasteiger partial charge in [-0.3, -0.25) is 0 Å². The van der Waals surface area contributed by atoms with Gasteiger partial charge in [0.1, 0.15) is 0 Å². The second-order valence-corrected chi connectivity index (χ2v) is 17.5. The quantitative estimate of drug-likeness (QED) is 0.0846. The lowest BCUT2D eigenvalue weighted by molar-refractivity contribution is -0.146. The predicted molar refractivity (Wildman–Crippen MR) is 220 cm³/mol. The molecule has 0 heterocycles. The highest BCUT2D eigenvalue weighted by Gasteiger charge is 2.32. The largest absolute Gasteiger partial charge is 0.462 e. The van der Waals surface area contributed by atoms with Gasteiger partial charge in [-0.25, -0.2) is 9.59 Å². The lowest BCUT2D eigenvalue weighted by Crippen LogP contribution is -2.31. The maximum Gasteiger partial charge on any atom is 0.336 e. The molecule has 2 aromatic rings. The SMILES string of the molecule is C=C(C(=O)OCC(CCc1ccc(-c2ccc(C3CCC(C4CCC(CCCCC)CC4)CC3)cc2)c(CC)c1)COC(=O)C(=C)C(C)(C)O)C(C)(C)O. The molecule has 6 nitrogen and oxygen atoms in total. The van der Waals surface area contributed by atoms with E-state index in [1.165, 1.54) is 127 Å². The summed E-state index contributed by atoms with van der Waals surface area (Å²) in [5.74, 6) is 1.85. The zero-order valence-electron chi connectivity index (χ0n) is 34.4. The molecule has 2 aliphatic rings. The molecule has 2 fully saturated rings. The second kappa shape index (κ2) is 20.1. The van der Waals surface area contributed by atoms with Crippen molar-refractivity contribution >= 4 is 11.9 Å². The van der Waals surface area contributed by atoms with Crippen molar-refractivity contribution in [2.45, 2.75) is 155 Å². The normalized spacial score (nSPS) is 20.8. The van der Waals surface area contributed by atoms with E-state index in [1.807, 2.05) is 0 Å². The second-order valence-electron chi connectivity index (χ2n) is 17.5. The van der Waals surface area contributed by atoms with Crippen LogP contribution in [0.1, 0.15) is 148 Å². The summed E-state index contributed by atoms with van der Waals surface area (Å²) in [6.07, 6.45) is 19.1. The van der Waals surface area contributed by atoms with Crippen LogP contribution in [0.15, 0.2) is 66.8 Å². The first-order chi connectivity index (χ1) is 25.6. The summed E-state index contributed by atoms with van der Waals surface area (Å²) in [5.41, 5.74) is 3.49. The minimum absolute atomic E-state index is 0.0108. The minimum atomic E-state index is -1.41. The first kappa shape index (κ1) is 43.5. The Balaban J connectivity index is 1.33. The Labute approximate surface area is 326 Å². The maximum atomic E-state index is 12.6. The summed E-state index contributed by atoms with van der Waals surface area (Å²) in [4.78, 5) is 25.2. The summed E-state index contributed by atoms with van der Waals surface area (Å²) in [6, 6.07) is 16.0. The van der Waals surface area contributed by atoms with Gasteiger partial charge in [0.25, 0.3) is 0 Å². The minimum Gasteiger partial charge on any atom is -0.462 e. The van der Waals surface area contributed by atoms with Crippen molar-refractivity contribution in [3.05, 3.63) is 83.5 Å². The van der Waals surface area contributed by atoms with E-state index in [1.54, 1.807) is 0 Å². The molecule has 0 atom stereocenters. The number of hydrogen-bond acceptors (Lipinski definition) is 6. The molecule has 0 radical (unpaired) electrons. The molecule has 0 aromatic heterocycles. The molecule has 0 aliphatic heterocycles. The van der Waals surface area contributed by atoms with Gasteiger partial charge in [0.2, 0.25) is 0 Å². The summed E-state index contributed by atoms with van der Waals surface area (Å²) in [5, 5.41) is 20.4. The molecule has 2 aliphatic carbocycles. The molecule has 0 unspecified atom stereocenters. The summed E-state index contributed by atoms with van der Waals surface area (Å²) < 4.78 is 11.0. The molecule has 298 valence electrons. The molecule has 2 saturated carbocycles. The Bertz CT molecular complexity index is 1480. The van der Waals surface area contributed by atoms with Gasteiger partial charge >= 0.3 is 11.9 Å². The van der Waals surface area contributed by atoms with Crippen LogP contribution < -0.4 is 0 Å². The van der Waals surface area contributed by atoms with E-state index >= 15 is 0 Å². The van der Waals surface area contributed by atoms with Gasteiger partial charge in [-0.1, -0.05) is 108 Å². The summed E-state index contributed by atoms with van der Waals surface area (Å²) in [7, 11) is 0. The van der Waals surface area contributed by atoms with Crippen LogP contribution in [0, 0.1) is 23.7 Å². The Kier molecular flexibility index (Phi) is 16.2. The highest BCUT2D eigenvalue weighted by Crippen LogP contribution is 2.45. The van der Waals surface area contributed by atoms with Gasteiger partial charge in [0.15, 0.2) is 0 Å². The van der Waals surface area contributed by atoms with Crippen LogP contribution in [-0.4, -0.2) is 46.6 Å². The van der Waals surface area contributed by atoms with Crippen molar-refractivity contribution in [2.75, 3.05) is 13.2 Å². The summed E-state index contributed by atoms with van der Waals surface area (Å²) in [6.45, 7) is 17.7. The molecule has 0 saturated heterocycles. The smallest absolute Gasteiger partial charge is 0.336 e. The molecule has 54 heavy (non-hydrogen) atoms. The van der Waals surface area contributed by atoms with Gasteiger partial charge in [0.05, 0.1) is 35.6 Å². The molecule has 6 heteroatoms. The third-order valence-corrected chi connectivity index (χ3v) is 12.5. The van der Waals surface area contributed by atoms with E-state index in [9.17, 15) is 19.8 Å². The van der Waals surface area contributed by atoms with Gasteiger partial charge < -0.3 is 19.7 Å². The topological polar surface area (TPSA) is 93.1 Å². The number of ether oxygens (including phenoxy) is 2. The zero-order chi connectivity index (χ0) is 39.5. The third kappa shape index (κ3) is 12.7. The van der Waals surface area contributed by atoms with Crippen molar-refractivity contribution in [3.8, 4) is 11.1 Å². The number of carbonyl (C=O) groups excluding carboxylic acids is 2. The van der Waals surface area contributed by atoms with Crippen LogP contribution in [0.4, 0.5) is 0 Å². The molecule has 2 N–H and O–H groups in total. The van der Waals surface area contributed by atoms with E-state index in [2.05, 4.69) is 69.5 Å². The molecular weight excluding hydrogens is 673 g/mol. The monoisotopic (exact) mass is 743 g/mol. The number of esters is 2. The van der Waals surface area contributed by atoms with Crippen LogP contribution in [-0.2, 0) is 31.9 Å². The Morgan fingerprint density at radius 2 is 1.30 bits per heavy atom. The maximum absolute atomic E-state index is 12.6. The lowest BCUT2D eigenvalue weighted by atomic mass is 9.68. The molecule has 0 bridgehead atoms. The van der Waals surface area contributed by atoms with Crippen molar-refractivity contribution in [1.29, 1.82) is 0 Å². The van der Waals surface area contributed by atoms with Crippen LogP contribution in [0.2, 0.25) is 0 Å². The number of benzene rings is 2. The summed E-state index contributed by atoms with van der Waals surface area (Å²) >= 11 is 0. The average molecular weight is 743 g/mol. The zero-order valence-corrected chi connectivity index (χ0v) is 34.4. The number of hydrogen-bond donors (Lipinski definition) is 2. The lowest BCUT2D eigenvalue weighted by Gasteiger charge is -2.38. The van der Waals surface area contributed by atoms with E-state index in [0.29, 0.717) is 18.8 Å². The highest BCUT2D eigenvalue weighted by molar-refractivity contribution is 5.90. The van der Waals surface area contributed by atoms with Gasteiger partial charge in [-0.05, 0) is 137 Å². The average Bonchev–Trinajstić information content (AvgIpc) is 3.16. The number of rotatable bonds is 19. The standard InChI is InChI=1S/C48H70O6/c1-9-11-12-13-35-16-19-39(20-17-35)40-21-23-41(24-22-40)42-25-27-43(28-26-42)44-29-18-36(30-38(44)10-2)14-15-37(31-53-45(49)33(3)47(5,6)51)32-54-46(50)34(4)48(7,8)52/h18,25-30,35,37,39-41,51-52H,3-4,9-17,19-24,31-32H2,1-2,5-8H3. The highest BCUT2D eigenvalue weighted by atomic mass is 16.5. The number of aryl methyl sites for hydroxylation is 2. The first-order valence-corrected chi connectivity index (χ1v) is 21.0. The van der Waals surface area contributed by atoms with Gasteiger partial charge in [0, 0.05) is 5.92 Å². The fourth-order valence-electron chi connectivity index (χ4n) is 8.51. The van der Waals surface area contributed by atoms with Crippen molar-refractivity contribution < 1.29 is 29.3 Å². The number of aliphatic hydroxyl groups is 2. The fraction of sp³-hybridized carbons (Fsp3) is 0.625. The van der Waals surface area contributed by atoms with Crippen molar-refractivity contribution in [1.82, 2.24) is 0 Å². The van der Waals surface area contributed by atoms with Crippen molar-refractivity contribution in [3.63, 3.8) is 0 Å². The first-order valence-electron chi connectivity index (χ1n) is 21.0. The van der Waals surface area contributed by atoms with Gasteiger partial charge in [-0.15, -0.1) is 0 Å². The van der Waals surface area contributed by atoms with Crippen molar-refractivity contribution in [2.24, 2.45) is 23.7 Å². The van der Waals surface area contributed by atoms with Crippen LogP contribution >= 0.6 is 0 Å². The predicted octanol–water partition coefficient (Wildman–Crippen LogP) is 10.9. The molecule has 4 rings (SSSR count).